The Labute approximate surface area is 132 Å². The maximum atomic E-state index is 6.28. The van der Waals surface area contributed by atoms with Gasteiger partial charge in [-0.05, 0) is 25.1 Å². The van der Waals surface area contributed by atoms with Gasteiger partial charge < -0.3 is 14.8 Å². The summed E-state index contributed by atoms with van der Waals surface area (Å²) in [6.07, 6.45) is 0. The molecular formula is C15H15ClN4O2. The van der Waals surface area contributed by atoms with Crippen molar-refractivity contribution in [1.29, 1.82) is 0 Å². The number of rotatable bonds is 4. The summed E-state index contributed by atoms with van der Waals surface area (Å²) in [5.41, 5.74) is 0.952. The number of H-pyrrole nitrogens is 1. The van der Waals surface area contributed by atoms with E-state index in [0.29, 0.717) is 28.3 Å². The standard InChI is InChI=1S/C15H15ClN4O2/c1-8-6-13(20-19-8)17-12-7-10-9(15(16)18-12)4-5-11(21-2)14(10)22-3/h4-7H,1-3H3,(H2,17,18,19,20). The lowest BCUT2D eigenvalue weighted by atomic mass is 10.1. The summed E-state index contributed by atoms with van der Waals surface area (Å²) >= 11 is 6.28. The Morgan fingerprint density at radius 3 is 2.55 bits per heavy atom. The minimum Gasteiger partial charge on any atom is -0.493 e. The number of aromatic amines is 1. The topological polar surface area (TPSA) is 72.1 Å². The van der Waals surface area contributed by atoms with Crippen LogP contribution in [0.2, 0.25) is 5.15 Å². The molecule has 7 heteroatoms. The van der Waals surface area contributed by atoms with Gasteiger partial charge in [0.05, 0.1) is 14.2 Å². The number of halogens is 1. The average molecular weight is 319 g/mol. The molecule has 2 aromatic heterocycles. The van der Waals surface area contributed by atoms with E-state index in [0.717, 1.165) is 16.5 Å². The van der Waals surface area contributed by atoms with Crippen molar-refractivity contribution in [2.45, 2.75) is 6.92 Å². The number of methoxy groups -OCH3 is 2. The molecule has 0 aliphatic rings. The summed E-state index contributed by atoms with van der Waals surface area (Å²) in [7, 11) is 3.19. The lowest BCUT2D eigenvalue weighted by Crippen LogP contribution is -1.97. The quantitative estimate of drug-likeness (QED) is 0.718. The number of hydrogen-bond acceptors (Lipinski definition) is 5. The molecule has 0 bridgehead atoms. The first-order valence-electron chi connectivity index (χ1n) is 6.62. The Morgan fingerprint density at radius 2 is 1.91 bits per heavy atom. The number of hydrogen-bond donors (Lipinski definition) is 2. The third kappa shape index (κ3) is 2.53. The van der Waals surface area contributed by atoms with E-state index in [1.807, 2.05) is 25.1 Å². The monoisotopic (exact) mass is 318 g/mol. The summed E-state index contributed by atoms with van der Waals surface area (Å²) in [6, 6.07) is 7.39. The van der Waals surface area contributed by atoms with Crippen LogP contribution in [0.3, 0.4) is 0 Å². The Bertz CT molecular complexity index is 832. The van der Waals surface area contributed by atoms with E-state index >= 15 is 0 Å². The van der Waals surface area contributed by atoms with E-state index in [1.165, 1.54) is 0 Å². The van der Waals surface area contributed by atoms with Crippen LogP contribution in [0.5, 0.6) is 11.5 Å². The maximum absolute atomic E-state index is 6.28. The van der Waals surface area contributed by atoms with E-state index in [1.54, 1.807) is 20.3 Å². The summed E-state index contributed by atoms with van der Waals surface area (Å²) < 4.78 is 10.8. The summed E-state index contributed by atoms with van der Waals surface area (Å²) in [6.45, 7) is 1.92. The molecule has 22 heavy (non-hydrogen) atoms. The van der Waals surface area contributed by atoms with Gasteiger partial charge in [0.15, 0.2) is 17.3 Å². The molecule has 1 aromatic carbocycles. The highest BCUT2D eigenvalue weighted by atomic mass is 35.5. The van der Waals surface area contributed by atoms with Crippen molar-refractivity contribution < 1.29 is 9.47 Å². The van der Waals surface area contributed by atoms with Gasteiger partial charge in [0.25, 0.3) is 0 Å². The molecule has 0 fully saturated rings. The van der Waals surface area contributed by atoms with Gasteiger partial charge in [0.1, 0.15) is 11.0 Å². The van der Waals surface area contributed by atoms with Crippen molar-refractivity contribution in [2.24, 2.45) is 0 Å². The first-order chi connectivity index (χ1) is 10.6. The third-order valence-corrected chi connectivity index (χ3v) is 3.56. The largest absolute Gasteiger partial charge is 0.493 e. The van der Waals surface area contributed by atoms with Gasteiger partial charge in [-0.1, -0.05) is 11.6 Å². The first-order valence-corrected chi connectivity index (χ1v) is 7.00. The summed E-state index contributed by atoms with van der Waals surface area (Å²) in [4.78, 5) is 4.34. The van der Waals surface area contributed by atoms with Gasteiger partial charge in [0, 0.05) is 22.5 Å². The zero-order valence-corrected chi connectivity index (χ0v) is 13.2. The van der Waals surface area contributed by atoms with E-state index in [9.17, 15) is 0 Å². The first kappa shape index (κ1) is 14.5. The van der Waals surface area contributed by atoms with E-state index in [2.05, 4.69) is 20.5 Å². The van der Waals surface area contributed by atoms with Crippen molar-refractivity contribution in [2.75, 3.05) is 19.5 Å². The second-order valence-electron chi connectivity index (χ2n) is 4.76. The van der Waals surface area contributed by atoms with Gasteiger partial charge in [0.2, 0.25) is 0 Å². The average Bonchev–Trinajstić information content (AvgIpc) is 2.91. The number of anilines is 2. The lowest BCUT2D eigenvalue weighted by Gasteiger charge is -2.12. The van der Waals surface area contributed by atoms with Gasteiger partial charge in [-0.3, -0.25) is 5.10 Å². The third-order valence-electron chi connectivity index (χ3n) is 3.27. The number of benzene rings is 1. The highest BCUT2D eigenvalue weighted by molar-refractivity contribution is 6.34. The fraction of sp³-hybridized carbons (Fsp3) is 0.200. The molecule has 114 valence electrons. The molecule has 0 radical (unpaired) electrons. The van der Waals surface area contributed by atoms with Crippen LogP contribution >= 0.6 is 11.6 Å². The van der Waals surface area contributed by atoms with Crippen LogP contribution in [-0.4, -0.2) is 29.4 Å². The Balaban J connectivity index is 2.12. The molecule has 0 unspecified atom stereocenters. The van der Waals surface area contributed by atoms with Crippen LogP contribution in [-0.2, 0) is 0 Å². The summed E-state index contributed by atoms with van der Waals surface area (Å²) in [5.74, 6) is 2.50. The predicted octanol–water partition coefficient (Wildman–Crippen LogP) is 3.68. The molecule has 0 aliphatic carbocycles. The van der Waals surface area contributed by atoms with Crippen molar-refractivity contribution in [3.05, 3.63) is 35.1 Å². The zero-order chi connectivity index (χ0) is 15.7. The number of ether oxygens (including phenoxy) is 2. The minimum atomic E-state index is 0.383. The molecule has 6 nitrogen and oxygen atoms in total. The highest BCUT2D eigenvalue weighted by Crippen LogP contribution is 2.38. The van der Waals surface area contributed by atoms with Crippen molar-refractivity contribution in [1.82, 2.24) is 15.2 Å². The normalized spacial score (nSPS) is 10.7. The molecule has 2 heterocycles. The van der Waals surface area contributed by atoms with Crippen molar-refractivity contribution >= 4 is 34.0 Å². The molecule has 0 saturated heterocycles. The number of nitrogens with one attached hydrogen (secondary N) is 2. The number of nitrogens with zero attached hydrogens (tertiary/aromatic N) is 2. The van der Waals surface area contributed by atoms with E-state index in [4.69, 9.17) is 21.1 Å². The Morgan fingerprint density at radius 1 is 1.09 bits per heavy atom. The summed E-state index contributed by atoms with van der Waals surface area (Å²) in [5, 5.41) is 12.1. The zero-order valence-electron chi connectivity index (χ0n) is 12.4. The number of aryl methyl sites for hydroxylation is 1. The van der Waals surface area contributed by atoms with E-state index in [-0.39, 0.29) is 0 Å². The van der Waals surface area contributed by atoms with Gasteiger partial charge >= 0.3 is 0 Å². The van der Waals surface area contributed by atoms with Gasteiger partial charge in [-0.15, -0.1) is 0 Å². The molecule has 3 rings (SSSR count). The van der Waals surface area contributed by atoms with Crippen LogP contribution in [0.25, 0.3) is 10.8 Å². The molecule has 3 aromatic rings. The molecule has 0 aliphatic heterocycles. The fourth-order valence-electron chi connectivity index (χ4n) is 2.29. The second-order valence-corrected chi connectivity index (χ2v) is 5.11. The molecule has 0 amide bonds. The maximum Gasteiger partial charge on any atom is 0.168 e. The van der Waals surface area contributed by atoms with Crippen LogP contribution in [0.1, 0.15) is 5.69 Å². The van der Waals surface area contributed by atoms with Crippen molar-refractivity contribution in [3.63, 3.8) is 0 Å². The molecule has 0 spiro atoms. The van der Waals surface area contributed by atoms with Crippen LogP contribution in [0.4, 0.5) is 11.6 Å². The van der Waals surface area contributed by atoms with E-state index < -0.39 is 0 Å². The Hall–Kier alpha value is -2.47. The van der Waals surface area contributed by atoms with Gasteiger partial charge in [-0.2, -0.15) is 5.10 Å². The smallest absolute Gasteiger partial charge is 0.168 e. The molecule has 2 N–H and O–H groups in total. The number of pyridine rings is 1. The predicted molar refractivity (Wildman–Crippen MR) is 86.5 cm³/mol. The van der Waals surface area contributed by atoms with Gasteiger partial charge in [-0.25, -0.2) is 4.98 Å². The number of fused-ring (bicyclic) bond motifs is 1. The molecule has 0 atom stereocenters. The fourth-order valence-corrected chi connectivity index (χ4v) is 2.54. The Kier molecular flexibility index (Phi) is 3.77. The molecular weight excluding hydrogens is 304 g/mol. The second kappa shape index (κ2) is 5.73. The van der Waals surface area contributed by atoms with Crippen molar-refractivity contribution in [3.8, 4) is 11.5 Å². The van der Waals surface area contributed by atoms with Crippen LogP contribution in [0, 0.1) is 6.92 Å². The highest BCUT2D eigenvalue weighted by Gasteiger charge is 2.13. The minimum absolute atomic E-state index is 0.383. The number of aromatic nitrogens is 3. The lowest BCUT2D eigenvalue weighted by molar-refractivity contribution is 0.358. The molecule has 0 saturated carbocycles. The SMILES string of the molecule is COc1ccc2c(Cl)nc(Nc3cc(C)[nH]n3)cc2c1OC. The van der Waals surface area contributed by atoms with Crippen LogP contribution < -0.4 is 14.8 Å². The van der Waals surface area contributed by atoms with Crippen LogP contribution in [0.15, 0.2) is 24.3 Å².